The van der Waals surface area contributed by atoms with Gasteiger partial charge in [-0.2, -0.15) is 0 Å². The zero-order valence-corrected chi connectivity index (χ0v) is 12.4. The number of nitrogens with zero attached hydrogens (tertiary/aromatic N) is 2. The second-order valence-corrected chi connectivity index (χ2v) is 4.54. The van der Waals surface area contributed by atoms with Crippen LogP contribution in [0.3, 0.4) is 0 Å². The molecule has 0 heterocycles. The van der Waals surface area contributed by atoms with E-state index in [0.29, 0.717) is 19.7 Å². The molecule has 0 bridgehead atoms. The lowest BCUT2D eigenvalue weighted by Crippen LogP contribution is -2.50. The number of methoxy groups -OCH3 is 1. The predicted molar refractivity (Wildman–Crippen MR) is 73.2 cm³/mol. The van der Waals surface area contributed by atoms with Gasteiger partial charge in [0, 0.05) is 26.2 Å². The molecule has 0 rings (SSSR count). The summed E-state index contributed by atoms with van der Waals surface area (Å²) in [5.74, 6) is -0.988. The molecular weight excluding hydrogens is 248 g/mol. The van der Waals surface area contributed by atoms with Crippen molar-refractivity contribution >= 4 is 12.0 Å². The number of hydrogen-bond acceptors (Lipinski definition) is 3. The number of aliphatic carboxylic acids is 1. The number of rotatable bonds is 9. The summed E-state index contributed by atoms with van der Waals surface area (Å²) in [5, 5.41) is 8.88. The van der Waals surface area contributed by atoms with Gasteiger partial charge in [-0.1, -0.05) is 13.8 Å². The smallest absolute Gasteiger partial charge is 0.323 e. The van der Waals surface area contributed by atoms with E-state index in [0.717, 1.165) is 12.8 Å². The minimum Gasteiger partial charge on any atom is -0.480 e. The van der Waals surface area contributed by atoms with Crippen molar-refractivity contribution in [1.29, 1.82) is 0 Å². The van der Waals surface area contributed by atoms with Crippen molar-refractivity contribution in [2.75, 3.05) is 33.4 Å². The molecule has 0 saturated carbocycles. The van der Waals surface area contributed by atoms with Crippen LogP contribution >= 0.6 is 0 Å². The summed E-state index contributed by atoms with van der Waals surface area (Å²) in [6.07, 6.45) is 1.56. The van der Waals surface area contributed by atoms with Gasteiger partial charge in [-0.05, 0) is 19.8 Å². The number of carbonyl (C=O) groups excluding carboxylic acids is 1. The van der Waals surface area contributed by atoms with Crippen LogP contribution in [0.15, 0.2) is 0 Å². The molecule has 6 heteroatoms. The molecule has 0 fully saturated rings. The fraction of sp³-hybridized carbons (Fsp3) is 0.846. The summed E-state index contributed by atoms with van der Waals surface area (Å²) in [6, 6.07) is -0.161. The predicted octanol–water partition coefficient (Wildman–Crippen LogP) is 1.65. The molecule has 0 aliphatic rings. The van der Waals surface area contributed by atoms with E-state index in [1.165, 1.54) is 4.90 Å². The molecule has 0 radical (unpaired) electrons. The van der Waals surface area contributed by atoms with Crippen LogP contribution in [0.1, 0.15) is 33.6 Å². The molecule has 0 saturated heterocycles. The maximum atomic E-state index is 12.4. The molecule has 0 aliphatic carbocycles. The van der Waals surface area contributed by atoms with E-state index in [1.807, 2.05) is 20.8 Å². The van der Waals surface area contributed by atoms with Crippen molar-refractivity contribution in [1.82, 2.24) is 9.80 Å². The number of carboxylic acid groups (broad SMARTS) is 1. The van der Waals surface area contributed by atoms with Crippen LogP contribution in [0.2, 0.25) is 0 Å². The summed E-state index contributed by atoms with van der Waals surface area (Å²) in [5.41, 5.74) is 0. The Balaban J connectivity index is 4.83. The molecule has 19 heavy (non-hydrogen) atoms. The van der Waals surface area contributed by atoms with Gasteiger partial charge < -0.3 is 19.6 Å². The quantitative estimate of drug-likeness (QED) is 0.694. The van der Waals surface area contributed by atoms with E-state index in [4.69, 9.17) is 9.84 Å². The fourth-order valence-corrected chi connectivity index (χ4v) is 1.77. The lowest BCUT2D eigenvalue weighted by molar-refractivity contribution is -0.137. The van der Waals surface area contributed by atoms with Crippen LogP contribution in [0.4, 0.5) is 4.79 Å². The van der Waals surface area contributed by atoms with E-state index in [9.17, 15) is 9.59 Å². The fourth-order valence-electron chi connectivity index (χ4n) is 1.77. The molecule has 2 amide bonds. The number of hydrogen-bond donors (Lipinski definition) is 1. The van der Waals surface area contributed by atoms with E-state index in [-0.39, 0.29) is 18.6 Å². The van der Waals surface area contributed by atoms with Gasteiger partial charge in [-0.3, -0.25) is 4.79 Å². The van der Waals surface area contributed by atoms with Gasteiger partial charge >= 0.3 is 12.0 Å². The first-order valence-electron chi connectivity index (χ1n) is 6.74. The topological polar surface area (TPSA) is 70.1 Å². The molecule has 0 aromatic heterocycles. The van der Waals surface area contributed by atoms with Gasteiger partial charge in [0.15, 0.2) is 0 Å². The lowest BCUT2D eigenvalue weighted by Gasteiger charge is -2.33. The van der Waals surface area contributed by atoms with Gasteiger partial charge in [-0.15, -0.1) is 0 Å². The van der Waals surface area contributed by atoms with Crippen molar-refractivity contribution in [2.24, 2.45) is 0 Å². The molecule has 0 aromatic rings. The van der Waals surface area contributed by atoms with Crippen molar-refractivity contribution in [2.45, 2.75) is 39.7 Å². The first-order chi connectivity index (χ1) is 8.97. The molecule has 0 aromatic carbocycles. The van der Waals surface area contributed by atoms with Crippen molar-refractivity contribution in [3.8, 4) is 0 Å². The Bertz CT molecular complexity index is 284. The van der Waals surface area contributed by atoms with Crippen molar-refractivity contribution in [3.63, 3.8) is 0 Å². The number of amides is 2. The van der Waals surface area contributed by atoms with Crippen LogP contribution in [-0.4, -0.2) is 66.3 Å². The summed E-state index contributed by atoms with van der Waals surface area (Å²) < 4.78 is 5.01. The summed E-state index contributed by atoms with van der Waals surface area (Å²) in [4.78, 5) is 26.3. The minimum absolute atomic E-state index is 0.0656. The third-order valence-corrected chi connectivity index (χ3v) is 3.00. The summed E-state index contributed by atoms with van der Waals surface area (Å²) >= 11 is 0. The van der Waals surface area contributed by atoms with Crippen LogP contribution in [0, 0.1) is 0 Å². The SMILES string of the molecule is CCCN(CC(=O)O)C(=O)N(CCOC)C(C)CC. The highest BCUT2D eigenvalue weighted by atomic mass is 16.5. The van der Waals surface area contributed by atoms with Crippen LogP contribution < -0.4 is 0 Å². The third-order valence-electron chi connectivity index (χ3n) is 3.00. The Hall–Kier alpha value is -1.30. The second kappa shape index (κ2) is 9.61. The monoisotopic (exact) mass is 274 g/mol. The molecule has 1 atom stereocenters. The largest absolute Gasteiger partial charge is 0.480 e. The normalized spacial score (nSPS) is 12.0. The number of carboxylic acids is 1. The number of carbonyl (C=O) groups is 2. The molecule has 1 N–H and O–H groups in total. The maximum Gasteiger partial charge on any atom is 0.323 e. The maximum absolute atomic E-state index is 12.4. The zero-order valence-electron chi connectivity index (χ0n) is 12.4. The summed E-state index contributed by atoms with van der Waals surface area (Å²) in [6.45, 7) is 6.99. The van der Waals surface area contributed by atoms with Crippen molar-refractivity contribution < 1.29 is 19.4 Å². The molecular formula is C13H26N2O4. The Morgan fingerprint density at radius 2 is 1.89 bits per heavy atom. The standard InChI is InChI=1S/C13H26N2O4/c1-5-7-14(10-12(16)17)13(18)15(8-9-19-4)11(3)6-2/h11H,5-10H2,1-4H3,(H,16,17). The third kappa shape index (κ3) is 6.42. The molecule has 0 aliphatic heterocycles. The first kappa shape index (κ1) is 17.7. The Morgan fingerprint density at radius 1 is 1.26 bits per heavy atom. The highest BCUT2D eigenvalue weighted by Crippen LogP contribution is 2.08. The molecule has 1 unspecified atom stereocenters. The first-order valence-corrected chi connectivity index (χ1v) is 6.74. The van der Waals surface area contributed by atoms with Crippen LogP contribution in [-0.2, 0) is 9.53 Å². The minimum atomic E-state index is -0.988. The average Bonchev–Trinajstić information content (AvgIpc) is 2.37. The highest BCUT2D eigenvalue weighted by Gasteiger charge is 2.25. The molecule has 112 valence electrons. The Labute approximate surface area is 115 Å². The lowest BCUT2D eigenvalue weighted by atomic mass is 10.2. The summed E-state index contributed by atoms with van der Waals surface area (Å²) in [7, 11) is 1.58. The zero-order chi connectivity index (χ0) is 14.8. The van der Waals surface area contributed by atoms with Gasteiger partial charge in [0.05, 0.1) is 6.61 Å². The van der Waals surface area contributed by atoms with Gasteiger partial charge in [0.1, 0.15) is 6.54 Å². The van der Waals surface area contributed by atoms with Crippen molar-refractivity contribution in [3.05, 3.63) is 0 Å². The van der Waals surface area contributed by atoms with Crippen LogP contribution in [0.5, 0.6) is 0 Å². The highest BCUT2D eigenvalue weighted by molar-refractivity contribution is 5.80. The van der Waals surface area contributed by atoms with E-state index < -0.39 is 5.97 Å². The number of urea groups is 1. The van der Waals surface area contributed by atoms with E-state index >= 15 is 0 Å². The van der Waals surface area contributed by atoms with E-state index in [2.05, 4.69) is 0 Å². The Morgan fingerprint density at radius 3 is 2.32 bits per heavy atom. The number of ether oxygens (including phenoxy) is 1. The second-order valence-electron chi connectivity index (χ2n) is 4.54. The van der Waals surface area contributed by atoms with Gasteiger partial charge in [0.25, 0.3) is 0 Å². The Kier molecular flexibility index (Phi) is 8.95. The van der Waals surface area contributed by atoms with Gasteiger partial charge in [-0.25, -0.2) is 4.79 Å². The van der Waals surface area contributed by atoms with E-state index in [1.54, 1.807) is 12.0 Å². The average molecular weight is 274 g/mol. The molecule has 6 nitrogen and oxygen atoms in total. The van der Waals surface area contributed by atoms with Crippen LogP contribution in [0.25, 0.3) is 0 Å². The van der Waals surface area contributed by atoms with Gasteiger partial charge in [0.2, 0.25) is 0 Å². The molecule has 0 spiro atoms.